The first-order valence-electron chi connectivity index (χ1n) is 5.29. The first-order valence-corrected chi connectivity index (χ1v) is 5.29. The quantitative estimate of drug-likeness (QED) is 0.611. The smallest absolute Gasteiger partial charge is 0.00341 e. The fourth-order valence-electron chi connectivity index (χ4n) is 1.77. The van der Waals surface area contributed by atoms with Gasteiger partial charge in [0.2, 0.25) is 0 Å². The Hall–Kier alpha value is -0.0800. The summed E-state index contributed by atoms with van der Waals surface area (Å²) in [6.07, 6.45) is 5.52. The summed E-state index contributed by atoms with van der Waals surface area (Å²) in [6, 6.07) is 0. The normalized spacial score (nSPS) is 19.5. The fourth-order valence-corrected chi connectivity index (χ4v) is 1.77. The molecule has 2 heteroatoms. The van der Waals surface area contributed by atoms with Crippen molar-refractivity contribution in [3.63, 3.8) is 0 Å². The van der Waals surface area contributed by atoms with E-state index < -0.39 is 0 Å². The van der Waals surface area contributed by atoms with Crippen molar-refractivity contribution in [1.29, 1.82) is 0 Å². The Morgan fingerprint density at radius 2 is 2.00 bits per heavy atom. The van der Waals surface area contributed by atoms with Gasteiger partial charge in [-0.2, -0.15) is 0 Å². The van der Waals surface area contributed by atoms with Crippen molar-refractivity contribution >= 4 is 0 Å². The lowest BCUT2D eigenvalue weighted by Crippen LogP contribution is -2.49. The van der Waals surface area contributed by atoms with Gasteiger partial charge >= 0.3 is 0 Å². The maximum Gasteiger partial charge on any atom is 0.00341 e. The number of hydrogen-bond acceptors (Lipinski definition) is 2. The molecule has 0 aromatic heterocycles. The standard InChI is InChI=1S/C10H22N2/c1-2-3-4-5-6-12-8-10(7-11)9-12/h10H,2-9,11H2,1H3. The summed E-state index contributed by atoms with van der Waals surface area (Å²) in [5, 5.41) is 0. The summed E-state index contributed by atoms with van der Waals surface area (Å²) in [5.41, 5.74) is 5.55. The van der Waals surface area contributed by atoms with Crippen LogP contribution in [0.5, 0.6) is 0 Å². The van der Waals surface area contributed by atoms with Crippen LogP contribution in [0.1, 0.15) is 32.6 Å². The third kappa shape index (κ3) is 3.11. The van der Waals surface area contributed by atoms with E-state index in [0.717, 1.165) is 12.5 Å². The van der Waals surface area contributed by atoms with Gasteiger partial charge in [0.25, 0.3) is 0 Å². The number of unbranched alkanes of at least 4 members (excludes halogenated alkanes) is 3. The molecular formula is C10H22N2. The fraction of sp³-hybridized carbons (Fsp3) is 1.00. The van der Waals surface area contributed by atoms with Gasteiger partial charge in [0.15, 0.2) is 0 Å². The minimum Gasteiger partial charge on any atom is -0.330 e. The van der Waals surface area contributed by atoms with Gasteiger partial charge in [-0.25, -0.2) is 0 Å². The number of hydrogen-bond donors (Lipinski definition) is 1. The Kier molecular flexibility index (Phi) is 4.62. The molecule has 0 saturated carbocycles. The Labute approximate surface area is 76.1 Å². The van der Waals surface area contributed by atoms with E-state index in [1.807, 2.05) is 0 Å². The van der Waals surface area contributed by atoms with Crippen LogP contribution >= 0.6 is 0 Å². The van der Waals surface area contributed by atoms with Crippen LogP contribution in [0.15, 0.2) is 0 Å². The summed E-state index contributed by atoms with van der Waals surface area (Å²) in [7, 11) is 0. The molecule has 1 heterocycles. The van der Waals surface area contributed by atoms with Gasteiger partial charge in [-0.05, 0) is 25.4 Å². The van der Waals surface area contributed by atoms with Crippen molar-refractivity contribution in [1.82, 2.24) is 4.90 Å². The SMILES string of the molecule is CCCCCCN1CC(CN)C1. The molecule has 0 unspecified atom stereocenters. The van der Waals surface area contributed by atoms with E-state index in [0.29, 0.717) is 0 Å². The van der Waals surface area contributed by atoms with E-state index in [1.165, 1.54) is 45.3 Å². The molecule has 2 N–H and O–H groups in total. The molecule has 12 heavy (non-hydrogen) atoms. The number of nitrogens with zero attached hydrogens (tertiary/aromatic N) is 1. The second-order valence-corrected chi connectivity index (χ2v) is 3.92. The van der Waals surface area contributed by atoms with E-state index in [9.17, 15) is 0 Å². The summed E-state index contributed by atoms with van der Waals surface area (Å²) in [5.74, 6) is 0.802. The molecule has 1 aliphatic rings. The Morgan fingerprint density at radius 3 is 2.58 bits per heavy atom. The molecule has 0 spiro atoms. The van der Waals surface area contributed by atoms with Gasteiger partial charge in [0.05, 0.1) is 0 Å². The predicted molar refractivity (Wildman–Crippen MR) is 53.1 cm³/mol. The average Bonchev–Trinajstić information content (AvgIpc) is 2.01. The van der Waals surface area contributed by atoms with Crippen molar-refractivity contribution in [2.45, 2.75) is 32.6 Å². The summed E-state index contributed by atoms with van der Waals surface area (Å²) >= 11 is 0. The summed E-state index contributed by atoms with van der Waals surface area (Å²) in [6.45, 7) is 6.95. The molecule has 0 atom stereocenters. The van der Waals surface area contributed by atoms with Crippen LogP contribution in [0.3, 0.4) is 0 Å². The number of likely N-dealkylation sites (tertiary alicyclic amines) is 1. The van der Waals surface area contributed by atoms with Gasteiger partial charge in [-0.3, -0.25) is 0 Å². The van der Waals surface area contributed by atoms with E-state index >= 15 is 0 Å². The first-order chi connectivity index (χ1) is 5.86. The summed E-state index contributed by atoms with van der Waals surface area (Å²) in [4.78, 5) is 2.52. The monoisotopic (exact) mass is 170 g/mol. The summed E-state index contributed by atoms with van der Waals surface area (Å²) < 4.78 is 0. The van der Waals surface area contributed by atoms with Gasteiger partial charge in [0, 0.05) is 13.1 Å². The zero-order valence-electron chi connectivity index (χ0n) is 8.26. The minimum atomic E-state index is 0.802. The van der Waals surface area contributed by atoms with Gasteiger partial charge < -0.3 is 10.6 Å². The van der Waals surface area contributed by atoms with Crippen LogP contribution < -0.4 is 5.73 Å². The lowest BCUT2D eigenvalue weighted by molar-refractivity contribution is 0.104. The molecular weight excluding hydrogens is 148 g/mol. The van der Waals surface area contributed by atoms with Crippen molar-refractivity contribution in [3.05, 3.63) is 0 Å². The number of nitrogens with two attached hydrogens (primary N) is 1. The molecule has 0 amide bonds. The maximum absolute atomic E-state index is 5.55. The van der Waals surface area contributed by atoms with Crippen LogP contribution in [0.25, 0.3) is 0 Å². The van der Waals surface area contributed by atoms with Crippen molar-refractivity contribution in [2.75, 3.05) is 26.2 Å². The Morgan fingerprint density at radius 1 is 1.25 bits per heavy atom. The van der Waals surface area contributed by atoms with Crippen molar-refractivity contribution in [3.8, 4) is 0 Å². The van der Waals surface area contributed by atoms with Crippen molar-refractivity contribution in [2.24, 2.45) is 11.7 Å². The molecule has 0 aromatic rings. The molecule has 0 radical (unpaired) electrons. The highest BCUT2D eigenvalue weighted by Gasteiger charge is 2.23. The maximum atomic E-state index is 5.55. The molecule has 0 aromatic carbocycles. The second-order valence-electron chi connectivity index (χ2n) is 3.92. The van der Waals surface area contributed by atoms with E-state index in [4.69, 9.17) is 5.73 Å². The highest BCUT2D eigenvalue weighted by atomic mass is 15.2. The third-order valence-electron chi connectivity index (χ3n) is 2.69. The molecule has 2 nitrogen and oxygen atoms in total. The first kappa shape index (κ1) is 10.0. The van der Waals surface area contributed by atoms with Crippen LogP contribution in [0.4, 0.5) is 0 Å². The lowest BCUT2D eigenvalue weighted by atomic mass is 10.00. The average molecular weight is 170 g/mol. The van der Waals surface area contributed by atoms with Crippen LogP contribution in [-0.2, 0) is 0 Å². The zero-order valence-corrected chi connectivity index (χ0v) is 8.26. The highest BCUT2D eigenvalue weighted by molar-refractivity contribution is 4.79. The highest BCUT2D eigenvalue weighted by Crippen LogP contribution is 2.14. The lowest BCUT2D eigenvalue weighted by Gasteiger charge is -2.38. The van der Waals surface area contributed by atoms with Crippen LogP contribution in [-0.4, -0.2) is 31.1 Å². The van der Waals surface area contributed by atoms with Gasteiger partial charge in [-0.15, -0.1) is 0 Å². The second kappa shape index (κ2) is 5.55. The van der Waals surface area contributed by atoms with Crippen LogP contribution in [0, 0.1) is 5.92 Å². The van der Waals surface area contributed by atoms with Gasteiger partial charge in [0.1, 0.15) is 0 Å². The van der Waals surface area contributed by atoms with Crippen LogP contribution in [0.2, 0.25) is 0 Å². The van der Waals surface area contributed by atoms with E-state index in [2.05, 4.69) is 11.8 Å². The molecule has 0 bridgehead atoms. The third-order valence-corrected chi connectivity index (χ3v) is 2.69. The molecule has 1 rings (SSSR count). The molecule has 1 fully saturated rings. The van der Waals surface area contributed by atoms with E-state index in [-0.39, 0.29) is 0 Å². The largest absolute Gasteiger partial charge is 0.330 e. The zero-order chi connectivity index (χ0) is 8.81. The Balaban J connectivity index is 1.83. The molecule has 1 saturated heterocycles. The van der Waals surface area contributed by atoms with Gasteiger partial charge in [-0.1, -0.05) is 26.2 Å². The van der Waals surface area contributed by atoms with Crippen molar-refractivity contribution < 1.29 is 0 Å². The molecule has 72 valence electrons. The van der Waals surface area contributed by atoms with E-state index in [1.54, 1.807) is 0 Å². The topological polar surface area (TPSA) is 29.3 Å². The molecule has 1 aliphatic heterocycles. The molecule has 0 aliphatic carbocycles. The number of rotatable bonds is 6. The Bertz CT molecular complexity index is 108. The predicted octanol–water partition coefficient (Wildman–Crippen LogP) is 1.46. The minimum absolute atomic E-state index is 0.802.